The van der Waals surface area contributed by atoms with Gasteiger partial charge in [0.1, 0.15) is 5.82 Å². The molecule has 0 bridgehead atoms. The van der Waals surface area contributed by atoms with E-state index in [4.69, 9.17) is 4.74 Å². The minimum atomic E-state index is -0.370. The minimum Gasteiger partial charge on any atom is -0.381 e. The van der Waals surface area contributed by atoms with E-state index >= 15 is 0 Å². The van der Waals surface area contributed by atoms with Crippen molar-refractivity contribution in [3.8, 4) is 0 Å². The number of carbonyl (C=O) groups is 2. The fourth-order valence-corrected chi connectivity index (χ4v) is 5.78. The lowest BCUT2D eigenvalue weighted by Gasteiger charge is -2.25. The molecule has 6 nitrogen and oxygen atoms in total. The molecule has 4 atom stereocenters. The SMILES string of the molecule is Cc1ccc(F)cc1C(=O)N1CC2CN(CCC(NC(=O)C3CCOC3)c3ccccc3)C[C@H]2C1. The van der Waals surface area contributed by atoms with Gasteiger partial charge in [0.15, 0.2) is 0 Å². The number of carbonyl (C=O) groups excluding carboxylic acids is 2. The predicted octanol–water partition coefficient (Wildman–Crippen LogP) is 3.42. The van der Waals surface area contributed by atoms with Crippen LogP contribution in [0.1, 0.15) is 40.4 Å². The highest BCUT2D eigenvalue weighted by molar-refractivity contribution is 5.95. The number of hydrogen-bond donors (Lipinski definition) is 1. The summed E-state index contributed by atoms with van der Waals surface area (Å²) in [5, 5.41) is 3.27. The standard InChI is InChI=1S/C28H34FN3O3/c1-19-7-8-24(29)13-25(19)28(34)32-16-22-14-31(15-23(22)17-32)11-9-26(20-5-3-2-4-6-20)30-27(33)21-10-12-35-18-21/h2-8,13,21-23,26H,9-12,14-18H2,1H3,(H,30,33)/t21?,22-,23?,26?/m0/s1. The van der Waals surface area contributed by atoms with Gasteiger partial charge in [-0.15, -0.1) is 0 Å². The van der Waals surface area contributed by atoms with Gasteiger partial charge in [0.25, 0.3) is 5.91 Å². The number of hydrogen-bond acceptors (Lipinski definition) is 4. The van der Waals surface area contributed by atoms with Crippen LogP contribution in [0, 0.1) is 30.5 Å². The highest BCUT2D eigenvalue weighted by Crippen LogP contribution is 2.33. The molecule has 1 N–H and O–H groups in total. The zero-order valence-electron chi connectivity index (χ0n) is 20.3. The lowest BCUT2D eigenvalue weighted by atomic mass is 10.0. The second-order valence-electron chi connectivity index (χ2n) is 10.3. The smallest absolute Gasteiger partial charge is 0.254 e. The third-order valence-corrected chi connectivity index (χ3v) is 7.83. The van der Waals surface area contributed by atoms with Crippen molar-refractivity contribution in [3.05, 3.63) is 71.0 Å². The van der Waals surface area contributed by atoms with Gasteiger partial charge in [0.2, 0.25) is 5.91 Å². The van der Waals surface area contributed by atoms with Crippen molar-refractivity contribution in [1.82, 2.24) is 15.1 Å². The lowest BCUT2D eigenvalue weighted by molar-refractivity contribution is -0.125. The Morgan fingerprint density at radius 2 is 1.83 bits per heavy atom. The largest absolute Gasteiger partial charge is 0.381 e. The van der Waals surface area contributed by atoms with Crippen LogP contribution in [0.15, 0.2) is 48.5 Å². The summed E-state index contributed by atoms with van der Waals surface area (Å²) in [6.07, 6.45) is 1.63. The van der Waals surface area contributed by atoms with Gasteiger partial charge in [-0.2, -0.15) is 0 Å². The number of aryl methyl sites for hydroxylation is 1. The molecule has 0 aromatic heterocycles. The molecule has 0 radical (unpaired) electrons. The maximum Gasteiger partial charge on any atom is 0.254 e. The van der Waals surface area contributed by atoms with Gasteiger partial charge in [0.05, 0.1) is 18.6 Å². The Hall–Kier alpha value is -2.77. The molecular weight excluding hydrogens is 445 g/mol. The van der Waals surface area contributed by atoms with Crippen molar-refractivity contribution in [2.45, 2.75) is 25.8 Å². The molecule has 5 rings (SSSR count). The monoisotopic (exact) mass is 479 g/mol. The molecule has 2 aromatic rings. The molecule has 3 aliphatic heterocycles. The summed E-state index contributed by atoms with van der Waals surface area (Å²) >= 11 is 0. The summed E-state index contributed by atoms with van der Waals surface area (Å²) in [7, 11) is 0. The molecule has 3 heterocycles. The van der Waals surface area contributed by atoms with E-state index in [0.29, 0.717) is 30.6 Å². The summed E-state index contributed by atoms with van der Waals surface area (Å²) in [6.45, 7) is 7.24. The molecule has 0 saturated carbocycles. The zero-order valence-corrected chi connectivity index (χ0v) is 20.3. The van der Waals surface area contributed by atoms with Gasteiger partial charge in [-0.3, -0.25) is 9.59 Å². The first kappa shape index (κ1) is 23.9. The van der Waals surface area contributed by atoms with E-state index in [1.165, 1.54) is 12.1 Å². The van der Waals surface area contributed by atoms with E-state index < -0.39 is 0 Å². The third-order valence-electron chi connectivity index (χ3n) is 7.83. The first-order chi connectivity index (χ1) is 17.0. The Balaban J connectivity index is 1.16. The van der Waals surface area contributed by atoms with Crippen LogP contribution in [0.25, 0.3) is 0 Å². The summed E-state index contributed by atoms with van der Waals surface area (Å²) in [6, 6.07) is 14.6. The van der Waals surface area contributed by atoms with Crippen molar-refractivity contribution < 1.29 is 18.7 Å². The van der Waals surface area contributed by atoms with Crippen LogP contribution in [-0.2, 0) is 9.53 Å². The van der Waals surface area contributed by atoms with Gasteiger partial charge < -0.3 is 19.9 Å². The highest BCUT2D eigenvalue weighted by atomic mass is 19.1. The number of fused-ring (bicyclic) bond motifs is 1. The van der Waals surface area contributed by atoms with E-state index in [1.807, 2.05) is 30.0 Å². The quantitative estimate of drug-likeness (QED) is 0.661. The van der Waals surface area contributed by atoms with Gasteiger partial charge in [-0.05, 0) is 54.9 Å². The molecule has 3 fully saturated rings. The maximum atomic E-state index is 13.7. The van der Waals surface area contributed by atoms with E-state index in [9.17, 15) is 14.0 Å². The Morgan fingerprint density at radius 1 is 1.09 bits per heavy atom. The van der Waals surface area contributed by atoms with E-state index in [2.05, 4.69) is 22.3 Å². The van der Waals surface area contributed by atoms with Gasteiger partial charge in [-0.25, -0.2) is 4.39 Å². The van der Waals surface area contributed by atoms with E-state index in [0.717, 1.165) is 56.7 Å². The molecule has 0 aliphatic carbocycles. The number of halogens is 1. The van der Waals surface area contributed by atoms with E-state index in [1.54, 1.807) is 6.07 Å². The van der Waals surface area contributed by atoms with Gasteiger partial charge in [0, 0.05) is 44.9 Å². The highest BCUT2D eigenvalue weighted by Gasteiger charge is 2.42. The molecule has 0 spiro atoms. The van der Waals surface area contributed by atoms with Crippen LogP contribution < -0.4 is 5.32 Å². The summed E-state index contributed by atoms with van der Waals surface area (Å²) in [5.74, 6) is 0.464. The molecule has 35 heavy (non-hydrogen) atoms. The van der Waals surface area contributed by atoms with Gasteiger partial charge in [-0.1, -0.05) is 36.4 Å². The summed E-state index contributed by atoms with van der Waals surface area (Å²) in [5.41, 5.74) is 2.41. The molecule has 186 valence electrons. The summed E-state index contributed by atoms with van der Waals surface area (Å²) in [4.78, 5) is 30.2. The second kappa shape index (κ2) is 10.5. The zero-order chi connectivity index (χ0) is 24.4. The average molecular weight is 480 g/mol. The first-order valence-corrected chi connectivity index (χ1v) is 12.7. The molecule has 3 aliphatic rings. The fourth-order valence-electron chi connectivity index (χ4n) is 5.78. The Morgan fingerprint density at radius 3 is 2.51 bits per heavy atom. The fraction of sp³-hybridized carbons (Fsp3) is 0.500. The number of rotatable bonds is 7. The van der Waals surface area contributed by atoms with Crippen molar-refractivity contribution in [3.63, 3.8) is 0 Å². The van der Waals surface area contributed by atoms with Crippen LogP contribution in [0.2, 0.25) is 0 Å². The first-order valence-electron chi connectivity index (χ1n) is 12.7. The molecular formula is C28H34FN3O3. The molecule has 2 aromatic carbocycles. The molecule has 2 amide bonds. The normalized spacial score (nSPS) is 25.0. The number of ether oxygens (including phenoxy) is 1. The van der Waals surface area contributed by atoms with Crippen molar-refractivity contribution in [2.24, 2.45) is 17.8 Å². The van der Waals surface area contributed by atoms with Crippen molar-refractivity contribution >= 4 is 11.8 Å². The Labute approximate surface area is 206 Å². The molecule has 7 heteroatoms. The number of amides is 2. The van der Waals surface area contributed by atoms with Crippen molar-refractivity contribution in [1.29, 1.82) is 0 Å². The number of nitrogens with one attached hydrogen (secondary N) is 1. The molecule has 3 saturated heterocycles. The third kappa shape index (κ3) is 5.41. The second-order valence-corrected chi connectivity index (χ2v) is 10.3. The van der Waals surface area contributed by atoms with Crippen molar-refractivity contribution in [2.75, 3.05) is 45.9 Å². The maximum absolute atomic E-state index is 13.7. The van der Waals surface area contributed by atoms with Crippen LogP contribution in [0.4, 0.5) is 4.39 Å². The minimum absolute atomic E-state index is 0.0289. The van der Waals surface area contributed by atoms with Crippen LogP contribution in [0.5, 0.6) is 0 Å². The lowest BCUT2D eigenvalue weighted by Crippen LogP contribution is -2.37. The number of benzene rings is 2. The molecule has 3 unspecified atom stereocenters. The topological polar surface area (TPSA) is 61.9 Å². The summed E-state index contributed by atoms with van der Waals surface area (Å²) < 4.78 is 19.1. The van der Waals surface area contributed by atoms with Crippen LogP contribution in [0.3, 0.4) is 0 Å². The van der Waals surface area contributed by atoms with Gasteiger partial charge >= 0.3 is 0 Å². The Bertz CT molecular complexity index is 1040. The van der Waals surface area contributed by atoms with Crippen LogP contribution >= 0.6 is 0 Å². The number of likely N-dealkylation sites (tertiary alicyclic amines) is 2. The number of nitrogens with zero attached hydrogens (tertiary/aromatic N) is 2. The Kier molecular flexibility index (Phi) is 7.16. The van der Waals surface area contributed by atoms with Crippen LogP contribution in [-0.4, -0.2) is 67.6 Å². The predicted molar refractivity (Wildman–Crippen MR) is 131 cm³/mol. The average Bonchev–Trinajstić information content (AvgIpc) is 3.60. The van der Waals surface area contributed by atoms with E-state index in [-0.39, 0.29) is 29.6 Å².